The van der Waals surface area contributed by atoms with E-state index in [1.54, 1.807) is 11.6 Å². The van der Waals surface area contributed by atoms with Crippen molar-refractivity contribution in [2.24, 2.45) is 7.05 Å². The molecule has 17 heavy (non-hydrogen) atoms. The molecular formula is C11H9ClFNO2S. The van der Waals surface area contributed by atoms with Crippen LogP contribution >= 0.6 is 11.6 Å². The smallest absolute Gasteiger partial charge is 0.244 e. The molecule has 1 atom stereocenters. The summed E-state index contributed by atoms with van der Waals surface area (Å²) in [5, 5.41) is 0.201. The number of hydrogen-bond donors (Lipinski definition) is 0. The van der Waals surface area contributed by atoms with Crippen molar-refractivity contribution in [3.63, 3.8) is 0 Å². The van der Waals surface area contributed by atoms with Crippen molar-refractivity contribution >= 4 is 33.7 Å². The van der Waals surface area contributed by atoms with E-state index in [9.17, 15) is 13.7 Å². The van der Waals surface area contributed by atoms with Crippen LogP contribution in [0, 0.1) is 5.82 Å². The Balaban J connectivity index is 2.81. The van der Waals surface area contributed by atoms with E-state index in [4.69, 9.17) is 11.6 Å². The molecule has 2 rings (SSSR count). The molecule has 1 unspecified atom stereocenters. The van der Waals surface area contributed by atoms with Crippen molar-refractivity contribution in [1.82, 2.24) is 4.57 Å². The fourth-order valence-electron chi connectivity index (χ4n) is 1.65. The van der Waals surface area contributed by atoms with Crippen LogP contribution in [0.25, 0.3) is 10.9 Å². The zero-order valence-electron chi connectivity index (χ0n) is 8.94. The van der Waals surface area contributed by atoms with E-state index in [1.807, 2.05) is 0 Å². The molecule has 0 spiro atoms. The number of rotatable bonds is 2. The summed E-state index contributed by atoms with van der Waals surface area (Å²) in [6.45, 7) is 0. The van der Waals surface area contributed by atoms with E-state index in [0.29, 0.717) is 10.9 Å². The number of pyridine rings is 1. The normalized spacial score (nSPS) is 12.9. The Labute approximate surface area is 105 Å². The molecule has 0 radical (unpaired) electrons. The molecule has 0 aliphatic heterocycles. The van der Waals surface area contributed by atoms with Gasteiger partial charge in [0.2, 0.25) is 10.3 Å². The maximum Gasteiger partial charge on any atom is 0.244 e. The quantitative estimate of drug-likeness (QED) is 0.620. The van der Waals surface area contributed by atoms with E-state index < -0.39 is 17.0 Å². The van der Waals surface area contributed by atoms with E-state index in [2.05, 4.69) is 0 Å². The highest BCUT2D eigenvalue weighted by Gasteiger charge is 2.17. The first kappa shape index (κ1) is 12.4. The predicted molar refractivity (Wildman–Crippen MR) is 66.3 cm³/mol. The van der Waals surface area contributed by atoms with Crippen molar-refractivity contribution in [2.45, 2.75) is 4.90 Å². The first-order valence-corrected chi connectivity index (χ1v) is 6.63. The molecular weight excluding hydrogens is 265 g/mol. The Morgan fingerprint density at radius 1 is 1.53 bits per heavy atom. The Hall–Kier alpha value is -1.04. The lowest BCUT2D eigenvalue weighted by atomic mass is 10.2. The summed E-state index contributed by atoms with van der Waals surface area (Å²) < 4.78 is 26.2. The molecule has 0 N–H and O–H groups in total. The van der Waals surface area contributed by atoms with Crippen molar-refractivity contribution < 1.29 is 8.94 Å². The zero-order valence-corrected chi connectivity index (χ0v) is 10.5. The standard InChI is InChI=1S/C11H9ClFNO2S/c1-14-5-10(17(16)6-12)11(15)8-3-2-7(13)4-9(8)14/h2-5H,6H2,1H3. The molecule has 0 saturated heterocycles. The van der Waals surface area contributed by atoms with Crippen LogP contribution in [0.2, 0.25) is 0 Å². The monoisotopic (exact) mass is 273 g/mol. The van der Waals surface area contributed by atoms with Crippen molar-refractivity contribution in [3.8, 4) is 0 Å². The summed E-state index contributed by atoms with van der Waals surface area (Å²) in [7, 11) is 1.66. The van der Waals surface area contributed by atoms with Gasteiger partial charge < -0.3 is 9.12 Å². The highest BCUT2D eigenvalue weighted by Crippen LogP contribution is 2.16. The third-order valence-electron chi connectivity index (χ3n) is 2.46. The number of alkyl halides is 1. The first-order chi connectivity index (χ1) is 8.04. The maximum absolute atomic E-state index is 13.1. The zero-order chi connectivity index (χ0) is 12.6. The van der Waals surface area contributed by atoms with Gasteiger partial charge in [0.25, 0.3) is 0 Å². The van der Waals surface area contributed by atoms with Crippen molar-refractivity contribution in [1.29, 1.82) is 0 Å². The Kier molecular flexibility index (Phi) is 3.42. The molecule has 90 valence electrons. The van der Waals surface area contributed by atoms with E-state index in [0.717, 1.165) is 0 Å². The molecule has 0 bridgehead atoms. The van der Waals surface area contributed by atoms with Gasteiger partial charge in [-0.3, -0.25) is 4.79 Å². The largest absolute Gasteiger partial charge is 0.610 e. The molecule has 0 aliphatic carbocycles. The van der Waals surface area contributed by atoms with Gasteiger partial charge in [0.1, 0.15) is 5.82 Å². The summed E-state index contributed by atoms with van der Waals surface area (Å²) in [6.07, 6.45) is 1.43. The van der Waals surface area contributed by atoms with Crippen molar-refractivity contribution in [3.05, 3.63) is 40.4 Å². The van der Waals surface area contributed by atoms with Gasteiger partial charge in [0, 0.05) is 18.2 Å². The molecule has 1 aromatic heterocycles. The van der Waals surface area contributed by atoms with E-state index in [1.165, 1.54) is 24.4 Å². The number of nitrogens with zero attached hydrogens (tertiary/aromatic N) is 1. The topological polar surface area (TPSA) is 45.1 Å². The van der Waals surface area contributed by atoms with E-state index >= 15 is 0 Å². The second kappa shape index (κ2) is 4.68. The third kappa shape index (κ3) is 2.18. The number of benzene rings is 1. The summed E-state index contributed by atoms with van der Waals surface area (Å²) in [5.41, 5.74) is 0.0994. The fraction of sp³-hybridized carbons (Fsp3) is 0.182. The summed E-state index contributed by atoms with van der Waals surface area (Å²) in [4.78, 5) is 12.1. The minimum absolute atomic E-state index is 0.137. The average molecular weight is 274 g/mol. The molecule has 0 fully saturated rings. The second-order valence-electron chi connectivity index (χ2n) is 3.55. The predicted octanol–water partition coefficient (Wildman–Crippen LogP) is 1.98. The molecule has 0 amide bonds. The van der Waals surface area contributed by atoms with Crippen LogP contribution < -0.4 is 5.43 Å². The highest BCUT2D eigenvalue weighted by molar-refractivity contribution is 7.92. The number of aryl methyl sites for hydroxylation is 1. The first-order valence-electron chi connectivity index (χ1n) is 4.78. The molecule has 1 heterocycles. The summed E-state index contributed by atoms with van der Waals surface area (Å²) in [6, 6.07) is 3.86. The van der Waals surface area contributed by atoms with Gasteiger partial charge in [-0.25, -0.2) is 4.39 Å². The summed E-state index contributed by atoms with van der Waals surface area (Å²) >= 11 is 3.94. The lowest BCUT2D eigenvalue weighted by Gasteiger charge is -2.10. The Morgan fingerprint density at radius 3 is 2.88 bits per heavy atom. The molecule has 2 aromatic rings. The Bertz CT molecular complexity index is 629. The maximum atomic E-state index is 13.1. The van der Waals surface area contributed by atoms with Gasteiger partial charge in [-0.2, -0.15) is 0 Å². The average Bonchev–Trinajstić information content (AvgIpc) is 2.32. The minimum Gasteiger partial charge on any atom is -0.610 e. The van der Waals surface area contributed by atoms with Gasteiger partial charge in [-0.1, -0.05) is 11.6 Å². The highest BCUT2D eigenvalue weighted by atomic mass is 35.5. The van der Waals surface area contributed by atoms with Crippen LogP contribution in [0.4, 0.5) is 4.39 Å². The SMILES string of the molecule is Cn1cc([S+]([O-])CCl)c(=O)c2ccc(F)cc21. The van der Waals surface area contributed by atoms with Crippen LogP contribution in [-0.2, 0) is 18.2 Å². The molecule has 6 heteroatoms. The number of hydrogen-bond acceptors (Lipinski definition) is 2. The molecule has 3 nitrogen and oxygen atoms in total. The molecule has 0 aliphatic rings. The van der Waals surface area contributed by atoms with Crippen LogP contribution in [0.1, 0.15) is 0 Å². The summed E-state index contributed by atoms with van der Waals surface area (Å²) in [5.74, 6) is -0.418. The van der Waals surface area contributed by atoms with Crippen molar-refractivity contribution in [2.75, 3.05) is 5.21 Å². The van der Waals surface area contributed by atoms with Gasteiger partial charge in [0.05, 0.1) is 17.1 Å². The van der Waals surface area contributed by atoms with E-state index in [-0.39, 0.29) is 15.5 Å². The van der Waals surface area contributed by atoms with Gasteiger partial charge in [-0.05, 0) is 18.2 Å². The lowest BCUT2D eigenvalue weighted by molar-refractivity contribution is 0.597. The van der Waals surface area contributed by atoms with Crippen LogP contribution in [0.5, 0.6) is 0 Å². The number of halogens is 2. The van der Waals surface area contributed by atoms with Crippen LogP contribution in [0.3, 0.4) is 0 Å². The Morgan fingerprint density at radius 2 is 2.24 bits per heavy atom. The number of aromatic nitrogens is 1. The molecule has 1 aromatic carbocycles. The second-order valence-corrected chi connectivity index (χ2v) is 5.55. The fourth-order valence-corrected chi connectivity index (χ4v) is 2.71. The van der Waals surface area contributed by atoms with Gasteiger partial charge >= 0.3 is 0 Å². The minimum atomic E-state index is -1.54. The third-order valence-corrected chi connectivity index (χ3v) is 4.04. The van der Waals surface area contributed by atoms with Gasteiger partial charge in [-0.15, -0.1) is 0 Å². The molecule has 0 saturated carbocycles. The van der Waals surface area contributed by atoms with Gasteiger partial charge in [0.15, 0.2) is 5.21 Å². The van der Waals surface area contributed by atoms with Crippen LogP contribution in [-0.4, -0.2) is 14.3 Å². The lowest BCUT2D eigenvalue weighted by Crippen LogP contribution is -2.18. The van der Waals surface area contributed by atoms with Crippen LogP contribution in [0.15, 0.2) is 34.1 Å². The number of fused-ring (bicyclic) bond motifs is 1.